The molecule has 0 heterocycles. The van der Waals surface area contributed by atoms with Gasteiger partial charge in [0, 0.05) is 30.5 Å². The summed E-state index contributed by atoms with van der Waals surface area (Å²) in [5.74, 6) is -0.270. The molecular weight excluding hydrogens is 358 g/mol. The maximum Gasteiger partial charge on any atom is 0.244 e. The molecule has 0 bridgehead atoms. The van der Waals surface area contributed by atoms with Crippen LogP contribution in [0.25, 0.3) is 0 Å². The van der Waals surface area contributed by atoms with E-state index in [1.54, 1.807) is 39.0 Å². The Morgan fingerprint density at radius 1 is 1.23 bits per heavy atom. The van der Waals surface area contributed by atoms with Crippen LogP contribution in [0.15, 0.2) is 18.2 Å². The van der Waals surface area contributed by atoms with E-state index < -0.39 is 5.41 Å². The number of ether oxygens (including phenoxy) is 1. The van der Waals surface area contributed by atoms with Crippen molar-refractivity contribution in [2.45, 2.75) is 27.2 Å². The number of methoxy groups -OCH3 is 1. The van der Waals surface area contributed by atoms with Crippen LogP contribution in [0.1, 0.15) is 27.2 Å². The lowest BCUT2D eigenvalue weighted by Crippen LogP contribution is -2.39. The molecule has 1 aromatic rings. The number of nitrogens with zero attached hydrogens (tertiary/aromatic N) is 1. The number of amides is 3. The van der Waals surface area contributed by atoms with Crippen LogP contribution in [0, 0.1) is 5.41 Å². The zero-order chi connectivity index (χ0) is 19.9. The standard InChI is InChI=1S/C18H26ClN3O4/c1-18(2,3)17(25)20-9-8-16(24)22(4)11-15(23)21-13-10-12(19)6-7-14(13)26-5/h6-7,10H,8-9,11H2,1-5H3,(H,20,25)(H,21,23). The second kappa shape index (κ2) is 9.43. The normalized spacial score (nSPS) is 10.8. The Hall–Kier alpha value is -2.28. The zero-order valence-electron chi connectivity index (χ0n) is 15.8. The third-order valence-corrected chi connectivity index (χ3v) is 3.78. The largest absolute Gasteiger partial charge is 0.495 e. The molecular formula is C18H26ClN3O4. The number of carbonyl (C=O) groups is 3. The van der Waals surface area contributed by atoms with Gasteiger partial charge >= 0.3 is 0 Å². The van der Waals surface area contributed by atoms with Gasteiger partial charge in [-0.25, -0.2) is 0 Å². The van der Waals surface area contributed by atoms with E-state index in [1.165, 1.54) is 19.1 Å². The number of nitrogens with one attached hydrogen (secondary N) is 2. The Labute approximate surface area is 159 Å². The van der Waals surface area contributed by atoms with E-state index in [4.69, 9.17) is 16.3 Å². The SMILES string of the molecule is COc1ccc(Cl)cc1NC(=O)CN(C)C(=O)CCNC(=O)C(C)(C)C. The fraction of sp³-hybridized carbons (Fsp3) is 0.500. The van der Waals surface area contributed by atoms with Gasteiger partial charge in [-0.3, -0.25) is 14.4 Å². The summed E-state index contributed by atoms with van der Waals surface area (Å²) >= 11 is 5.92. The van der Waals surface area contributed by atoms with Crippen molar-refractivity contribution in [3.05, 3.63) is 23.2 Å². The first-order valence-electron chi connectivity index (χ1n) is 8.20. The number of carbonyl (C=O) groups excluding carboxylic acids is 3. The molecule has 0 spiro atoms. The molecule has 0 saturated carbocycles. The number of rotatable bonds is 7. The van der Waals surface area contributed by atoms with E-state index in [0.717, 1.165) is 0 Å². The van der Waals surface area contributed by atoms with Gasteiger partial charge in [0.05, 0.1) is 19.3 Å². The molecule has 1 aromatic carbocycles. The van der Waals surface area contributed by atoms with Gasteiger partial charge in [0.15, 0.2) is 0 Å². The lowest BCUT2D eigenvalue weighted by molar-refractivity contribution is -0.133. The van der Waals surface area contributed by atoms with E-state index >= 15 is 0 Å². The fourth-order valence-electron chi connectivity index (χ4n) is 2.01. The van der Waals surface area contributed by atoms with Gasteiger partial charge in [-0.2, -0.15) is 0 Å². The third-order valence-electron chi connectivity index (χ3n) is 3.55. The Morgan fingerprint density at radius 2 is 1.88 bits per heavy atom. The van der Waals surface area contributed by atoms with Gasteiger partial charge in [0.25, 0.3) is 0 Å². The van der Waals surface area contributed by atoms with Gasteiger partial charge in [-0.1, -0.05) is 32.4 Å². The summed E-state index contributed by atoms with van der Waals surface area (Å²) in [6, 6.07) is 4.87. The predicted octanol–water partition coefficient (Wildman–Crippen LogP) is 2.30. The van der Waals surface area contributed by atoms with Crippen molar-refractivity contribution in [3.8, 4) is 5.75 Å². The van der Waals surface area contributed by atoms with Crippen LogP contribution in [-0.4, -0.2) is 49.9 Å². The van der Waals surface area contributed by atoms with Crippen molar-refractivity contribution in [3.63, 3.8) is 0 Å². The van der Waals surface area contributed by atoms with Gasteiger partial charge in [-0.15, -0.1) is 0 Å². The lowest BCUT2D eigenvalue weighted by Gasteiger charge is -2.20. The van der Waals surface area contributed by atoms with Crippen molar-refractivity contribution >= 4 is 35.0 Å². The summed E-state index contributed by atoms with van der Waals surface area (Å²) in [5.41, 5.74) is -0.0755. The smallest absolute Gasteiger partial charge is 0.244 e. The molecule has 7 nitrogen and oxygen atoms in total. The third kappa shape index (κ3) is 6.92. The van der Waals surface area contributed by atoms with E-state index in [1.807, 2.05) is 0 Å². The van der Waals surface area contributed by atoms with Crippen LogP contribution in [0.5, 0.6) is 5.75 Å². The van der Waals surface area contributed by atoms with Crippen LogP contribution in [0.4, 0.5) is 5.69 Å². The van der Waals surface area contributed by atoms with Crippen molar-refractivity contribution in [1.82, 2.24) is 10.2 Å². The summed E-state index contributed by atoms with van der Waals surface area (Å²) in [7, 11) is 3.02. The Kier molecular flexibility index (Phi) is 7.89. The Bertz CT molecular complexity index is 671. The fourth-order valence-corrected chi connectivity index (χ4v) is 2.18. The minimum absolute atomic E-state index is 0.117. The zero-order valence-corrected chi connectivity index (χ0v) is 16.6. The highest BCUT2D eigenvalue weighted by Crippen LogP contribution is 2.27. The molecule has 2 N–H and O–H groups in total. The molecule has 0 unspecified atom stereocenters. The number of benzene rings is 1. The molecule has 0 atom stereocenters. The number of halogens is 1. The molecule has 0 fully saturated rings. The van der Waals surface area contributed by atoms with Crippen molar-refractivity contribution < 1.29 is 19.1 Å². The molecule has 0 aliphatic heterocycles. The minimum Gasteiger partial charge on any atom is -0.495 e. The minimum atomic E-state index is -0.509. The number of hydrogen-bond donors (Lipinski definition) is 2. The molecule has 8 heteroatoms. The quantitative estimate of drug-likeness (QED) is 0.756. The van der Waals surface area contributed by atoms with Crippen LogP contribution in [-0.2, 0) is 14.4 Å². The Morgan fingerprint density at radius 3 is 2.46 bits per heavy atom. The van der Waals surface area contributed by atoms with Crippen LogP contribution in [0.3, 0.4) is 0 Å². The van der Waals surface area contributed by atoms with Gasteiger partial charge < -0.3 is 20.3 Å². The molecule has 1 rings (SSSR count). The molecule has 144 valence electrons. The summed E-state index contributed by atoms with van der Waals surface area (Å²) in [4.78, 5) is 37.3. The highest BCUT2D eigenvalue weighted by molar-refractivity contribution is 6.31. The van der Waals surface area contributed by atoms with E-state index in [9.17, 15) is 14.4 Å². The highest BCUT2D eigenvalue weighted by Gasteiger charge is 2.21. The summed E-state index contributed by atoms with van der Waals surface area (Å²) in [6.07, 6.45) is 0.117. The van der Waals surface area contributed by atoms with Crippen molar-refractivity contribution in [2.24, 2.45) is 5.41 Å². The summed E-state index contributed by atoms with van der Waals surface area (Å²) in [5, 5.41) is 5.83. The van der Waals surface area contributed by atoms with E-state index in [2.05, 4.69) is 10.6 Å². The predicted molar refractivity (Wildman–Crippen MR) is 101 cm³/mol. The first-order valence-corrected chi connectivity index (χ1v) is 8.58. The van der Waals surface area contributed by atoms with Gasteiger partial charge in [0.1, 0.15) is 5.75 Å². The van der Waals surface area contributed by atoms with Crippen molar-refractivity contribution in [2.75, 3.05) is 32.6 Å². The first kappa shape index (κ1) is 21.8. The maximum atomic E-state index is 12.1. The number of hydrogen-bond acceptors (Lipinski definition) is 4. The first-order chi connectivity index (χ1) is 12.0. The number of anilines is 1. The monoisotopic (exact) mass is 383 g/mol. The van der Waals surface area contributed by atoms with E-state index in [-0.39, 0.29) is 37.2 Å². The molecule has 0 aromatic heterocycles. The highest BCUT2D eigenvalue weighted by atomic mass is 35.5. The van der Waals surface area contributed by atoms with Crippen LogP contribution >= 0.6 is 11.6 Å². The average Bonchev–Trinajstić information content (AvgIpc) is 2.53. The molecule has 0 aliphatic rings. The van der Waals surface area contributed by atoms with Crippen LogP contribution in [0.2, 0.25) is 5.02 Å². The summed E-state index contributed by atoms with van der Waals surface area (Å²) < 4.78 is 5.16. The second-order valence-corrected chi connectivity index (χ2v) is 7.33. The average molecular weight is 384 g/mol. The topological polar surface area (TPSA) is 87.7 Å². The van der Waals surface area contributed by atoms with Crippen molar-refractivity contribution in [1.29, 1.82) is 0 Å². The number of likely N-dealkylation sites (N-methyl/N-ethyl adjacent to an activating group) is 1. The van der Waals surface area contributed by atoms with Gasteiger partial charge in [0.2, 0.25) is 17.7 Å². The molecule has 0 radical (unpaired) electrons. The van der Waals surface area contributed by atoms with Crippen LogP contribution < -0.4 is 15.4 Å². The molecule has 26 heavy (non-hydrogen) atoms. The van der Waals surface area contributed by atoms with Gasteiger partial charge in [-0.05, 0) is 18.2 Å². The second-order valence-electron chi connectivity index (χ2n) is 6.90. The molecule has 0 saturated heterocycles. The Balaban J connectivity index is 2.50. The molecule has 0 aliphatic carbocycles. The summed E-state index contributed by atoms with van der Waals surface area (Å²) in [6.45, 7) is 5.49. The van der Waals surface area contributed by atoms with E-state index in [0.29, 0.717) is 16.5 Å². The molecule has 3 amide bonds. The lowest BCUT2D eigenvalue weighted by atomic mass is 9.96. The maximum absolute atomic E-state index is 12.1.